The summed E-state index contributed by atoms with van der Waals surface area (Å²) in [6.45, 7) is 6.34. The van der Waals surface area contributed by atoms with Crippen LogP contribution in [0.4, 0.5) is 0 Å². The normalized spacial score (nSPS) is 36.0. The Balaban J connectivity index is 2.01. The average molecular weight is 258 g/mol. The summed E-state index contributed by atoms with van der Waals surface area (Å²) in [5.41, 5.74) is 6.36. The second kappa shape index (κ2) is 6.41. The van der Waals surface area contributed by atoms with Gasteiger partial charge in [0, 0.05) is 43.3 Å². The fourth-order valence-corrected chi connectivity index (χ4v) is 4.05. The molecule has 0 amide bonds. The first-order valence-electron chi connectivity index (χ1n) is 6.95. The van der Waals surface area contributed by atoms with Crippen LogP contribution in [0.15, 0.2) is 0 Å². The van der Waals surface area contributed by atoms with E-state index in [0.717, 1.165) is 26.0 Å². The van der Waals surface area contributed by atoms with Gasteiger partial charge in [-0.25, -0.2) is 0 Å². The maximum Gasteiger partial charge on any atom is 0.0593 e. The maximum absolute atomic E-state index is 6.12. The highest BCUT2D eigenvalue weighted by Crippen LogP contribution is 2.33. The molecule has 2 N–H and O–H groups in total. The van der Waals surface area contributed by atoms with Gasteiger partial charge >= 0.3 is 0 Å². The number of hydrogen-bond donors (Lipinski definition) is 1. The summed E-state index contributed by atoms with van der Waals surface area (Å²) >= 11 is 2.07. The highest BCUT2D eigenvalue weighted by Gasteiger charge is 2.40. The van der Waals surface area contributed by atoms with Crippen LogP contribution in [0.25, 0.3) is 0 Å². The third-order valence-electron chi connectivity index (χ3n) is 4.20. The molecule has 0 aromatic rings. The molecule has 0 radical (unpaired) electrons. The van der Waals surface area contributed by atoms with Crippen LogP contribution in [-0.2, 0) is 4.74 Å². The standard InChI is InChI=1S/C13H26N2OS/c1-2-3-12-10-13(11-14,4-7-16-12)15-5-8-17-9-6-15/h12H,2-11,14H2,1H3. The van der Waals surface area contributed by atoms with Crippen molar-refractivity contribution in [1.82, 2.24) is 4.90 Å². The van der Waals surface area contributed by atoms with Gasteiger partial charge < -0.3 is 10.5 Å². The molecule has 0 spiro atoms. The third kappa shape index (κ3) is 3.16. The quantitative estimate of drug-likeness (QED) is 0.833. The van der Waals surface area contributed by atoms with Gasteiger partial charge in [0.15, 0.2) is 0 Å². The Bertz CT molecular complexity index is 231. The molecular formula is C13H26N2OS. The molecule has 17 heavy (non-hydrogen) atoms. The Morgan fingerprint density at radius 3 is 2.82 bits per heavy atom. The van der Waals surface area contributed by atoms with E-state index in [1.807, 2.05) is 0 Å². The molecular weight excluding hydrogens is 232 g/mol. The largest absolute Gasteiger partial charge is 0.378 e. The van der Waals surface area contributed by atoms with Crippen molar-refractivity contribution in [2.24, 2.45) is 5.73 Å². The third-order valence-corrected chi connectivity index (χ3v) is 5.14. The van der Waals surface area contributed by atoms with Gasteiger partial charge in [-0.3, -0.25) is 4.90 Å². The lowest BCUT2D eigenvalue weighted by Crippen LogP contribution is -2.60. The Labute approximate surface area is 109 Å². The number of rotatable bonds is 4. The lowest BCUT2D eigenvalue weighted by atomic mass is 9.83. The molecule has 2 rings (SSSR count). The van der Waals surface area contributed by atoms with Gasteiger partial charge in [-0.1, -0.05) is 13.3 Å². The molecule has 100 valence electrons. The maximum atomic E-state index is 6.12. The summed E-state index contributed by atoms with van der Waals surface area (Å²) in [6.07, 6.45) is 5.09. The molecule has 0 saturated carbocycles. The van der Waals surface area contributed by atoms with Gasteiger partial charge in [0.25, 0.3) is 0 Å². The topological polar surface area (TPSA) is 38.5 Å². The zero-order valence-electron chi connectivity index (χ0n) is 11.0. The first-order valence-corrected chi connectivity index (χ1v) is 8.11. The number of ether oxygens (including phenoxy) is 1. The highest BCUT2D eigenvalue weighted by atomic mass is 32.2. The molecule has 0 aliphatic carbocycles. The van der Waals surface area contributed by atoms with E-state index >= 15 is 0 Å². The van der Waals surface area contributed by atoms with Crippen molar-refractivity contribution >= 4 is 11.8 Å². The van der Waals surface area contributed by atoms with Crippen molar-refractivity contribution < 1.29 is 4.74 Å². The highest BCUT2D eigenvalue weighted by molar-refractivity contribution is 7.99. The van der Waals surface area contributed by atoms with E-state index in [-0.39, 0.29) is 5.54 Å². The second-order valence-corrected chi connectivity index (χ2v) is 6.49. The lowest BCUT2D eigenvalue weighted by molar-refractivity contribution is -0.0713. The van der Waals surface area contributed by atoms with E-state index in [0.29, 0.717) is 6.10 Å². The molecule has 0 aromatic carbocycles. The Hall–Kier alpha value is 0.230. The second-order valence-electron chi connectivity index (χ2n) is 5.26. The van der Waals surface area contributed by atoms with Crippen LogP contribution >= 0.6 is 11.8 Å². The van der Waals surface area contributed by atoms with E-state index in [4.69, 9.17) is 10.5 Å². The lowest BCUT2D eigenvalue weighted by Gasteiger charge is -2.49. The summed E-state index contributed by atoms with van der Waals surface area (Å²) in [4.78, 5) is 2.65. The van der Waals surface area contributed by atoms with Crippen LogP contribution in [0.3, 0.4) is 0 Å². The van der Waals surface area contributed by atoms with Crippen LogP contribution in [0.5, 0.6) is 0 Å². The molecule has 4 heteroatoms. The van der Waals surface area contributed by atoms with E-state index in [1.54, 1.807) is 0 Å². The zero-order chi connectivity index (χ0) is 12.1. The van der Waals surface area contributed by atoms with E-state index in [9.17, 15) is 0 Å². The monoisotopic (exact) mass is 258 g/mol. The number of hydrogen-bond acceptors (Lipinski definition) is 4. The molecule has 2 aliphatic rings. The summed E-state index contributed by atoms with van der Waals surface area (Å²) in [7, 11) is 0. The first kappa shape index (κ1) is 13.7. The molecule has 2 heterocycles. The first-order chi connectivity index (χ1) is 8.30. The van der Waals surface area contributed by atoms with E-state index in [1.165, 1.54) is 37.4 Å². The number of nitrogens with two attached hydrogens (primary N) is 1. The van der Waals surface area contributed by atoms with Crippen LogP contribution in [0, 0.1) is 0 Å². The van der Waals surface area contributed by atoms with Gasteiger partial charge in [0.05, 0.1) is 6.10 Å². The summed E-state index contributed by atoms with van der Waals surface area (Å²) in [6, 6.07) is 0. The molecule has 2 saturated heterocycles. The van der Waals surface area contributed by atoms with Gasteiger partial charge in [0.2, 0.25) is 0 Å². The fourth-order valence-electron chi connectivity index (χ4n) is 3.15. The van der Waals surface area contributed by atoms with Gasteiger partial charge in [-0.05, 0) is 19.3 Å². The fraction of sp³-hybridized carbons (Fsp3) is 1.00. The predicted octanol–water partition coefficient (Wildman–Crippen LogP) is 1.71. The summed E-state index contributed by atoms with van der Waals surface area (Å²) < 4.78 is 5.88. The predicted molar refractivity (Wildman–Crippen MR) is 74.6 cm³/mol. The van der Waals surface area contributed by atoms with Crippen molar-refractivity contribution in [3.8, 4) is 0 Å². The van der Waals surface area contributed by atoms with Crippen molar-refractivity contribution in [2.75, 3.05) is 37.7 Å². The van der Waals surface area contributed by atoms with Crippen molar-refractivity contribution in [3.05, 3.63) is 0 Å². The summed E-state index contributed by atoms with van der Waals surface area (Å²) in [5.74, 6) is 2.53. The van der Waals surface area contributed by atoms with E-state index < -0.39 is 0 Å². The average Bonchev–Trinajstić information content (AvgIpc) is 2.40. The van der Waals surface area contributed by atoms with Crippen LogP contribution in [-0.4, -0.2) is 54.3 Å². The zero-order valence-corrected chi connectivity index (χ0v) is 11.8. The van der Waals surface area contributed by atoms with Crippen LogP contribution < -0.4 is 5.73 Å². The van der Waals surface area contributed by atoms with Crippen LogP contribution in [0.2, 0.25) is 0 Å². The minimum Gasteiger partial charge on any atom is -0.378 e. The van der Waals surface area contributed by atoms with Gasteiger partial charge in [0.1, 0.15) is 0 Å². The smallest absolute Gasteiger partial charge is 0.0593 e. The Kier molecular flexibility index (Phi) is 5.15. The minimum atomic E-state index is 0.235. The molecule has 2 aliphatic heterocycles. The Morgan fingerprint density at radius 2 is 2.18 bits per heavy atom. The number of nitrogens with zero attached hydrogens (tertiary/aromatic N) is 1. The van der Waals surface area contributed by atoms with Gasteiger partial charge in [-0.2, -0.15) is 11.8 Å². The molecule has 0 bridgehead atoms. The van der Waals surface area contributed by atoms with E-state index in [2.05, 4.69) is 23.6 Å². The summed E-state index contributed by atoms with van der Waals surface area (Å²) in [5, 5.41) is 0. The van der Waals surface area contributed by atoms with Crippen molar-refractivity contribution in [2.45, 2.75) is 44.2 Å². The number of thioether (sulfide) groups is 1. The molecule has 2 unspecified atom stereocenters. The van der Waals surface area contributed by atoms with Crippen molar-refractivity contribution in [1.29, 1.82) is 0 Å². The molecule has 0 aromatic heterocycles. The SMILES string of the molecule is CCCC1CC(CN)(N2CCSCC2)CCO1. The molecule has 2 atom stereocenters. The Morgan fingerprint density at radius 1 is 1.41 bits per heavy atom. The molecule has 3 nitrogen and oxygen atoms in total. The van der Waals surface area contributed by atoms with Crippen molar-refractivity contribution in [3.63, 3.8) is 0 Å². The minimum absolute atomic E-state index is 0.235. The van der Waals surface area contributed by atoms with Crippen LogP contribution in [0.1, 0.15) is 32.6 Å². The van der Waals surface area contributed by atoms with Gasteiger partial charge in [-0.15, -0.1) is 0 Å². The molecule has 2 fully saturated rings.